The number of imidazole rings is 1. The van der Waals surface area contributed by atoms with Gasteiger partial charge in [-0.15, -0.1) is 0 Å². The fourth-order valence-corrected chi connectivity index (χ4v) is 2.79. The highest BCUT2D eigenvalue weighted by molar-refractivity contribution is 5.83. The maximum atomic E-state index is 11.0. The fourth-order valence-electron chi connectivity index (χ4n) is 2.79. The number of para-hydroxylation sites is 1. The van der Waals surface area contributed by atoms with Crippen LogP contribution in [-0.4, -0.2) is 20.6 Å². The molecule has 1 aliphatic carbocycles. The highest BCUT2D eigenvalue weighted by Crippen LogP contribution is 2.52. The number of benzene rings is 1. The smallest absolute Gasteiger partial charge is 0.304 e. The predicted molar refractivity (Wildman–Crippen MR) is 68.6 cm³/mol. The van der Waals surface area contributed by atoms with Crippen molar-refractivity contribution in [3.05, 3.63) is 29.6 Å². The largest absolute Gasteiger partial charge is 0.481 e. The number of carboxylic acid groups (broad SMARTS) is 1. The van der Waals surface area contributed by atoms with Crippen LogP contribution in [0.4, 0.5) is 0 Å². The summed E-state index contributed by atoms with van der Waals surface area (Å²) >= 11 is 0. The second kappa shape index (κ2) is 3.57. The Labute approximate surface area is 105 Å². The molecule has 1 N–H and O–H groups in total. The van der Waals surface area contributed by atoms with Crippen LogP contribution >= 0.6 is 0 Å². The molecule has 1 aliphatic rings. The number of aliphatic carboxylic acids is 1. The molecular weight excluding hydrogens is 228 g/mol. The van der Waals surface area contributed by atoms with E-state index in [0.717, 1.165) is 35.3 Å². The summed E-state index contributed by atoms with van der Waals surface area (Å²) < 4.78 is 2.06. The zero-order chi connectivity index (χ0) is 12.9. The maximum Gasteiger partial charge on any atom is 0.304 e. The van der Waals surface area contributed by atoms with E-state index in [4.69, 9.17) is 5.11 Å². The number of hydrogen-bond donors (Lipinski definition) is 1. The van der Waals surface area contributed by atoms with E-state index < -0.39 is 5.97 Å². The van der Waals surface area contributed by atoms with Crippen LogP contribution in [0.15, 0.2) is 18.2 Å². The maximum absolute atomic E-state index is 11.0. The number of carbonyl (C=O) groups is 1. The predicted octanol–water partition coefficient (Wildman–Crippen LogP) is 2.39. The van der Waals surface area contributed by atoms with E-state index in [9.17, 15) is 4.79 Å². The third kappa shape index (κ3) is 1.52. The first-order valence-electron chi connectivity index (χ1n) is 6.18. The molecule has 1 fully saturated rings. The molecule has 0 aliphatic heterocycles. The summed E-state index contributed by atoms with van der Waals surface area (Å²) in [5.41, 5.74) is 3.04. The molecule has 0 radical (unpaired) electrons. The van der Waals surface area contributed by atoms with Crippen LogP contribution in [-0.2, 0) is 17.3 Å². The van der Waals surface area contributed by atoms with Crippen LogP contribution in [0, 0.1) is 6.92 Å². The standard InChI is InChI=1S/C14H16N2O2/c1-9-15-11-5-3-4-10(13(11)16(9)2)14(6-7-14)8-12(17)18/h3-5H,6-8H2,1-2H3,(H,17,18). The minimum Gasteiger partial charge on any atom is -0.481 e. The van der Waals surface area contributed by atoms with Crippen LogP contribution < -0.4 is 0 Å². The lowest BCUT2D eigenvalue weighted by Crippen LogP contribution is -2.14. The van der Waals surface area contributed by atoms with Gasteiger partial charge in [-0.2, -0.15) is 0 Å². The van der Waals surface area contributed by atoms with Crippen molar-refractivity contribution >= 4 is 17.0 Å². The lowest BCUT2D eigenvalue weighted by Gasteiger charge is -2.15. The van der Waals surface area contributed by atoms with Crippen LogP contribution in [0.3, 0.4) is 0 Å². The molecular formula is C14H16N2O2. The first-order chi connectivity index (χ1) is 8.53. The van der Waals surface area contributed by atoms with Crippen molar-refractivity contribution in [2.75, 3.05) is 0 Å². The summed E-state index contributed by atoms with van der Waals surface area (Å²) in [6.45, 7) is 1.97. The first kappa shape index (κ1) is 11.3. The number of rotatable bonds is 3. The van der Waals surface area contributed by atoms with Gasteiger partial charge in [0, 0.05) is 12.5 Å². The second-order valence-corrected chi connectivity index (χ2v) is 5.24. The van der Waals surface area contributed by atoms with Gasteiger partial charge in [-0.05, 0) is 31.4 Å². The monoisotopic (exact) mass is 244 g/mol. The molecule has 94 valence electrons. The van der Waals surface area contributed by atoms with E-state index in [0.29, 0.717) is 0 Å². The quantitative estimate of drug-likeness (QED) is 0.902. The third-order valence-electron chi connectivity index (χ3n) is 4.03. The van der Waals surface area contributed by atoms with Crippen LogP contribution in [0.2, 0.25) is 0 Å². The van der Waals surface area contributed by atoms with Crippen LogP contribution in [0.1, 0.15) is 30.7 Å². The van der Waals surface area contributed by atoms with Gasteiger partial charge in [-0.25, -0.2) is 4.98 Å². The number of carboxylic acids is 1. The van der Waals surface area contributed by atoms with Gasteiger partial charge in [0.25, 0.3) is 0 Å². The number of fused-ring (bicyclic) bond motifs is 1. The van der Waals surface area contributed by atoms with Crippen molar-refractivity contribution in [1.29, 1.82) is 0 Å². The van der Waals surface area contributed by atoms with Gasteiger partial charge in [0.2, 0.25) is 0 Å². The summed E-state index contributed by atoms with van der Waals surface area (Å²) in [5.74, 6) is 0.243. The highest BCUT2D eigenvalue weighted by Gasteiger charge is 2.47. The van der Waals surface area contributed by atoms with Gasteiger partial charge in [0.1, 0.15) is 5.82 Å². The molecule has 0 bridgehead atoms. The average molecular weight is 244 g/mol. The van der Waals surface area contributed by atoms with Crippen molar-refractivity contribution in [3.8, 4) is 0 Å². The van der Waals surface area contributed by atoms with Gasteiger partial charge in [-0.3, -0.25) is 4.79 Å². The minimum absolute atomic E-state index is 0.161. The molecule has 1 saturated carbocycles. The Hall–Kier alpha value is -1.84. The molecule has 0 saturated heterocycles. The number of aryl methyl sites for hydroxylation is 2. The van der Waals surface area contributed by atoms with Gasteiger partial charge in [0.05, 0.1) is 17.5 Å². The normalized spacial score (nSPS) is 17.0. The van der Waals surface area contributed by atoms with Gasteiger partial charge in [-0.1, -0.05) is 12.1 Å². The van der Waals surface area contributed by atoms with Gasteiger partial charge in [0.15, 0.2) is 0 Å². The Morgan fingerprint density at radius 3 is 2.83 bits per heavy atom. The zero-order valence-corrected chi connectivity index (χ0v) is 10.6. The Morgan fingerprint density at radius 1 is 1.50 bits per heavy atom. The summed E-state index contributed by atoms with van der Waals surface area (Å²) in [6, 6.07) is 6.02. The topological polar surface area (TPSA) is 55.1 Å². The molecule has 1 aromatic heterocycles. The molecule has 4 heteroatoms. The average Bonchev–Trinajstić information content (AvgIpc) is 3.01. The lowest BCUT2D eigenvalue weighted by atomic mass is 9.91. The molecule has 0 atom stereocenters. The Morgan fingerprint density at radius 2 is 2.22 bits per heavy atom. The summed E-state index contributed by atoms with van der Waals surface area (Å²) in [7, 11) is 1.99. The molecule has 0 unspecified atom stereocenters. The van der Waals surface area contributed by atoms with E-state index in [2.05, 4.69) is 15.6 Å². The summed E-state index contributed by atoms with van der Waals surface area (Å²) in [4.78, 5) is 15.5. The highest BCUT2D eigenvalue weighted by atomic mass is 16.4. The lowest BCUT2D eigenvalue weighted by molar-refractivity contribution is -0.137. The van der Waals surface area contributed by atoms with Crippen molar-refractivity contribution < 1.29 is 9.90 Å². The van der Waals surface area contributed by atoms with Crippen LogP contribution in [0.5, 0.6) is 0 Å². The van der Waals surface area contributed by atoms with E-state index in [-0.39, 0.29) is 11.8 Å². The number of aromatic nitrogens is 2. The van der Waals surface area contributed by atoms with Crippen molar-refractivity contribution in [1.82, 2.24) is 9.55 Å². The second-order valence-electron chi connectivity index (χ2n) is 5.24. The summed E-state index contributed by atoms with van der Waals surface area (Å²) in [5, 5.41) is 9.07. The van der Waals surface area contributed by atoms with Gasteiger partial charge >= 0.3 is 5.97 Å². The van der Waals surface area contributed by atoms with Crippen LogP contribution in [0.25, 0.3) is 11.0 Å². The van der Waals surface area contributed by atoms with Crippen molar-refractivity contribution in [2.45, 2.75) is 31.6 Å². The van der Waals surface area contributed by atoms with Gasteiger partial charge < -0.3 is 9.67 Å². The van der Waals surface area contributed by atoms with E-state index in [1.807, 2.05) is 26.1 Å². The van der Waals surface area contributed by atoms with Crippen molar-refractivity contribution in [3.63, 3.8) is 0 Å². The fraction of sp³-hybridized carbons (Fsp3) is 0.429. The van der Waals surface area contributed by atoms with E-state index in [1.54, 1.807) is 0 Å². The molecule has 4 nitrogen and oxygen atoms in total. The molecule has 3 rings (SSSR count). The van der Waals surface area contributed by atoms with Crippen molar-refractivity contribution in [2.24, 2.45) is 7.05 Å². The zero-order valence-electron chi connectivity index (χ0n) is 10.6. The molecule has 1 heterocycles. The molecule has 18 heavy (non-hydrogen) atoms. The number of hydrogen-bond acceptors (Lipinski definition) is 2. The third-order valence-corrected chi connectivity index (χ3v) is 4.03. The molecule has 1 aromatic carbocycles. The van der Waals surface area contributed by atoms with E-state index in [1.165, 1.54) is 0 Å². The first-order valence-corrected chi connectivity index (χ1v) is 6.18. The SMILES string of the molecule is Cc1nc2cccc(C3(CC(=O)O)CC3)c2n1C. The molecule has 2 aromatic rings. The molecule has 0 amide bonds. The minimum atomic E-state index is -0.719. The molecule has 0 spiro atoms. The number of nitrogens with zero attached hydrogens (tertiary/aromatic N) is 2. The van der Waals surface area contributed by atoms with E-state index >= 15 is 0 Å². The Bertz CT molecular complexity index is 639. The Balaban J connectivity index is 2.21. The Kier molecular flexibility index (Phi) is 2.24. The summed E-state index contributed by atoms with van der Waals surface area (Å²) in [6.07, 6.45) is 2.14.